The van der Waals surface area contributed by atoms with Crippen LogP contribution in [0.4, 0.5) is 0 Å². The predicted octanol–water partition coefficient (Wildman–Crippen LogP) is 1.24. The highest BCUT2D eigenvalue weighted by atomic mass is 16.2. The first kappa shape index (κ1) is 29.4. The lowest BCUT2D eigenvalue weighted by Gasteiger charge is -2.37. The number of carbonyl (C=O) groups excluding carboxylic acids is 3. The van der Waals surface area contributed by atoms with Gasteiger partial charge in [-0.05, 0) is 102 Å². The molecular formula is C32H37N9O3. The van der Waals surface area contributed by atoms with Crippen molar-refractivity contribution in [1.29, 1.82) is 5.26 Å². The average molecular weight is 596 g/mol. The largest absolute Gasteiger partial charge is 0.355 e. The first-order valence-electron chi connectivity index (χ1n) is 15.1. The fraction of sp³-hybridized carbons (Fsp3) is 0.469. The Bertz CT molecular complexity index is 1600. The number of nitriles is 1. The Morgan fingerprint density at radius 2 is 1.61 bits per heavy atom. The highest BCUT2D eigenvalue weighted by molar-refractivity contribution is 5.95. The number of aromatic nitrogens is 4. The second-order valence-corrected chi connectivity index (χ2v) is 12.2. The first-order chi connectivity index (χ1) is 21.2. The highest BCUT2D eigenvalue weighted by Gasteiger charge is 2.53. The monoisotopic (exact) mass is 595 g/mol. The van der Waals surface area contributed by atoms with Crippen LogP contribution in [0.15, 0.2) is 36.4 Å². The summed E-state index contributed by atoms with van der Waals surface area (Å²) >= 11 is 0. The molecule has 2 saturated heterocycles. The van der Waals surface area contributed by atoms with E-state index in [1.807, 2.05) is 50.4 Å². The molecule has 44 heavy (non-hydrogen) atoms. The number of amides is 3. The van der Waals surface area contributed by atoms with Crippen LogP contribution in [0.5, 0.6) is 0 Å². The lowest BCUT2D eigenvalue weighted by Crippen LogP contribution is -2.46. The van der Waals surface area contributed by atoms with Crippen molar-refractivity contribution in [1.82, 2.24) is 41.1 Å². The normalized spacial score (nSPS) is 21.6. The van der Waals surface area contributed by atoms with Crippen molar-refractivity contribution in [2.75, 3.05) is 20.6 Å². The Morgan fingerprint density at radius 3 is 2.11 bits per heavy atom. The zero-order chi connectivity index (χ0) is 31.2. The molecule has 7 rings (SSSR count). The van der Waals surface area contributed by atoms with Gasteiger partial charge in [0.05, 0.1) is 18.0 Å². The number of hydrogen-bond acceptors (Lipinski definition) is 8. The maximum Gasteiger partial charge on any atom is 0.251 e. The molecule has 2 bridgehead atoms. The minimum atomic E-state index is -0.873. The van der Waals surface area contributed by atoms with Gasteiger partial charge in [-0.2, -0.15) is 5.26 Å². The van der Waals surface area contributed by atoms with E-state index in [0.29, 0.717) is 36.2 Å². The van der Waals surface area contributed by atoms with E-state index in [-0.39, 0.29) is 48.3 Å². The fourth-order valence-corrected chi connectivity index (χ4v) is 7.54. The van der Waals surface area contributed by atoms with Crippen LogP contribution < -0.4 is 16.0 Å². The molecule has 3 amide bonds. The standard InChI is InChI=1S/C32H37N9O3/c1-18(36-17-28(42)41-24-13-23(14-24)27(41)16-33)15-32(31-37-38-39-40(31)4)25-9-7-21(29(43)34-2)11-19(25)5-6-20-12-22(30(44)35-3)8-10-26(20)32/h7-12,18,23-24,27,36H,5-6,13-15,17H2,1-4H3,(H,34,43)(H,35,44)/t18-,23?,24?,27+/m0/s1. The lowest BCUT2D eigenvalue weighted by atomic mass is 9.67. The van der Waals surface area contributed by atoms with Gasteiger partial charge < -0.3 is 20.9 Å². The highest BCUT2D eigenvalue weighted by Crippen LogP contribution is 2.48. The van der Waals surface area contributed by atoms with Gasteiger partial charge in [-0.3, -0.25) is 14.4 Å². The number of tetrazole rings is 1. The van der Waals surface area contributed by atoms with Crippen molar-refractivity contribution in [3.8, 4) is 6.07 Å². The summed E-state index contributed by atoms with van der Waals surface area (Å²) < 4.78 is 1.67. The minimum Gasteiger partial charge on any atom is -0.355 e. The van der Waals surface area contributed by atoms with Gasteiger partial charge in [0, 0.05) is 44.4 Å². The lowest BCUT2D eigenvalue weighted by molar-refractivity contribution is -0.131. The molecule has 1 saturated carbocycles. The van der Waals surface area contributed by atoms with Crippen molar-refractivity contribution < 1.29 is 14.4 Å². The number of aryl methyl sites for hydroxylation is 3. The van der Waals surface area contributed by atoms with E-state index in [0.717, 1.165) is 35.1 Å². The molecule has 3 fully saturated rings. The molecule has 4 aliphatic rings. The van der Waals surface area contributed by atoms with Crippen LogP contribution >= 0.6 is 0 Å². The third-order valence-electron chi connectivity index (χ3n) is 9.70. The molecule has 0 radical (unpaired) electrons. The Morgan fingerprint density at radius 1 is 1.02 bits per heavy atom. The number of fused-ring (bicyclic) bond motifs is 3. The quantitative estimate of drug-likeness (QED) is 0.351. The number of rotatable bonds is 8. The third kappa shape index (κ3) is 4.72. The van der Waals surface area contributed by atoms with Gasteiger partial charge in [-0.25, -0.2) is 4.68 Å². The summed E-state index contributed by atoms with van der Waals surface area (Å²) in [5.41, 5.74) is 4.16. The maximum atomic E-state index is 13.3. The number of nitrogens with one attached hydrogen (secondary N) is 3. The van der Waals surface area contributed by atoms with E-state index < -0.39 is 5.41 Å². The maximum absolute atomic E-state index is 13.3. The summed E-state index contributed by atoms with van der Waals surface area (Å²) in [5.74, 6) is 0.497. The van der Waals surface area contributed by atoms with Crippen LogP contribution in [0, 0.1) is 17.2 Å². The van der Waals surface area contributed by atoms with Crippen LogP contribution in [0.1, 0.15) is 75.0 Å². The number of hydrogen-bond donors (Lipinski definition) is 3. The molecule has 1 aromatic heterocycles. The summed E-state index contributed by atoms with van der Waals surface area (Å²) in [4.78, 5) is 40.4. The van der Waals surface area contributed by atoms with Crippen molar-refractivity contribution >= 4 is 17.7 Å². The molecule has 3 aromatic rings. The van der Waals surface area contributed by atoms with Crippen molar-refractivity contribution in [3.63, 3.8) is 0 Å². The smallest absolute Gasteiger partial charge is 0.251 e. The van der Waals surface area contributed by atoms with Crippen molar-refractivity contribution in [3.05, 3.63) is 75.6 Å². The summed E-state index contributed by atoms with van der Waals surface area (Å²) in [6, 6.07) is 13.4. The number of nitrogens with zero attached hydrogens (tertiary/aromatic N) is 6. The Labute approximate surface area is 256 Å². The first-order valence-corrected chi connectivity index (χ1v) is 15.1. The van der Waals surface area contributed by atoms with Crippen LogP contribution in [0.25, 0.3) is 0 Å². The predicted molar refractivity (Wildman–Crippen MR) is 161 cm³/mol. The van der Waals surface area contributed by atoms with Gasteiger partial charge >= 0.3 is 0 Å². The molecular weight excluding hydrogens is 558 g/mol. The van der Waals surface area contributed by atoms with Crippen LogP contribution in [-0.2, 0) is 30.1 Å². The molecule has 3 heterocycles. The average Bonchev–Trinajstić information content (AvgIpc) is 3.71. The Hall–Kier alpha value is -4.63. The fourth-order valence-electron chi connectivity index (χ4n) is 7.54. The van der Waals surface area contributed by atoms with Gasteiger partial charge in [-0.1, -0.05) is 12.1 Å². The molecule has 0 spiro atoms. The minimum absolute atomic E-state index is 0.0603. The summed E-state index contributed by atoms with van der Waals surface area (Å²) in [5, 5.41) is 31.3. The molecule has 2 atom stereocenters. The van der Waals surface area contributed by atoms with Crippen LogP contribution in [-0.4, -0.2) is 81.6 Å². The van der Waals surface area contributed by atoms with E-state index in [2.05, 4.69) is 37.5 Å². The van der Waals surface area contributed by atoms with Gasteiger partial charge in [0.25, 0.3) is 11.8 Å². The van der Waals surface area contributed by atoms with E-state index >= 15 is 0 Å². The van der Waals surface area contributed by atoms with Crippen LogP contribution in [0.2, 0.25) is 0 Å². The molecule has 12 heteroatoms. The summed E-state index contributed by atoms with van der Waals surface area (Å²) in [6.07, 6.45) is 3.59. The van der Waals surface area contributed by atoms with Gasteiger partial charge in [0.15, 0.2) is 5.82 Å². The van der Waals surface area contributed by atoms with Gasteiger partial charge in [-0.15, -0.1) is 5.10 Å². The van der Waals surface area contributed by atoms with Gasteiger partial charge in [0.2, 0.25) is 5.91 Å². The Balaban J connectivity index is 1.43. The summed E-state index contributed by atoms with van der Waals surface area (Å²) in [7, 11) is 5.03. The van der Waals surface area contributed by atoms with Gasteiger partial charge in [0.1, 0.15) is 6.04 Å². The van der Waals surface area contributed by atoms with Crippen molar-refractivity contribution in [2.24, 2.45) is 13.0 Å². The zero-order valence-electron chi connectivity index (χ0n) is 25.4. The molecule has 3 N–H and O–H groups in total. The topological polar surface area (TPSA) is 158 Å². The number of carbonyl (C=O) groups is 3. The second-order valence-electron chi connectivity index (χ2n) is 12.2. The molecule has 2 aliphatic heterocycles. The molecule has 2 aromatic carbocycles. The third-order valence-corrected chi connectivity index (χ3v) is 9.70. The summed E-state index contributed by atoms with van der Waals surface area (Å²) in [6.45, 7) is 2.15. The molecule has 12 nitrogen and oxygen atoms in total. The van der Waals surface area contributed by atoms with Crippen LogP contribution in [0.3, 0.4) is 0 Å². The SMILES string of the molecule is CNC(=O)c1ccc2c(c1)CCc1cc(C(=O)NC)ccc1C2(C[C@H](C)NCC(=O)N1C2CC(C2)[C@H]1C#N)c1nnnn1C. The van der Waals surface area contributed by atoms with Crippen molar-refractivity contribution in [2.45, 2.75) is 62.6 Å². The van der Waals surface area contributed by atoms with E-state index in [1.165, 1.54) is 0 Å². The molecule has 2 aliphatic carbocycles. The molecule has 228 valence electrons. The number of benzene rings is 2. The molecule has 0 unspecified atom stereocenters. The zero-order valence-corrected chi connectivity index (χ0v) is 25.4. The van der Waals surface area contributed by atoms with E-state index in [4.69, 9.17) is 0 Å². The van der Waals surface area contributed by atoms with E-state index in [1.54, 1.807) is 23.7 Å². The second kappa shape index (κ2) is 11.5. The Kier molecular flexibility index (Phi) is 7.67. The van der Waals surface area contributed by atoms with E-state index in [9.17, 15) is 19.6 Å².